The van der Waals surface area contributed by atoms with Gasteiger partial charge in [-0.15, -0.1) is 9.36 Å². The van der Waals surface area contributed by atoms with Gasteiger partial charge in [-0.2, -0.15) is 0 Å². The average Bonchev–Trinajstić information content (AvgIpc) is 3.13. The first kappa shape index (κ1) is 26.3. The molecule has 0 atom stereocenters. The van der Waals surface area contributed by atoms with E-state index < -0.39 is 0 Å². The molecule has 0 N–H and O–H groups in total. The molecule has 0 saturated carbocycles. The standard InChI is InChI=1S/C28H40N3.BrH/c1-6-7-8-9-10-11-12-27-22-31(26-19-13-23(2)14-20-26)29-30(27)21-24-15-17-25(18-16-24)28(3,4)5;/h13-20,22H,6-12,21H2,1-5H3;1H/q+1;/p-1. The Morgan fingerprint density at radius 3 is 2.09 bits per heavy atom. The van der Waals surface area contributed by atoms with Gasteiger partial charge in [0, 0.05) is 6.42 Å². The van der Waals surface area contributed by atoms with E-state index in [2.05, 4.69) is 94.0 Å². The van der Waals surface area contributed by atoms with E-state index in [1.807, 2.05) is 4.68 Å². The van der Waals surface area contributed by atoms with Crippen molar-refractivity contribution in [3.05, 3.63) is 77.1 Å². The highest BCUT2D eigenvalue weighted by Gasteiger charge is 2.18. The monoisotopic (exact) mass is 497 g/mol. The summed E-state index contributed by atoms with van der Waals surface area (Å²) >= 11 is 0. The highest BCUT2D eigenvalue weighted by Crippen LogP contribution is 2.22. The quantitative estimate of drug-likeness (QED) is 0.309. The zero-order valence-electron chi connectivity index (χ0n) is 20.6. The highest BCUT2D eigenvalue weighted by molar-refractivity contribution is 5.28. The minimum absolute atomic E-state index is 0. The molecule has 174 valence electrons. The van der Waals surface area contributed by atoms with Crippen molar-refractivity contribution >= 4 is 0 Å². The van der Waals surface area contributed by atoms with E-state index in [4.69, 9.17) is 5.21 Å². The van der Waals surface area contributed by atoms with E-state index in [0.29, 0.717) is 0 Å². The third kappa shape index (κ3) is 7.58. The molecule has 1 heterocycles. The molecule has 0 aliphatic rings. The lowest BCUT2D eigenvalue weighted by Crippen LogP contribution is -3.00. The van der Waals surface area contributed by atoms with Crippen LogP contribution in [0.1, 0.15) is 88.6 Å². The van der Waals surface area contributed by atoms with E-state index in [-0.39, 0.29) is 22.4 Å². The number of nitrogens with zero attached hydrogens (tertiary/aromatic N) is 3. The molecule has 0 radical (unpaired) electrons. The average molecular weight is 499 g/mol. The van der Waals surface area contributed by atoms with Crippen molar-refractivity contribution in [3.63, 3.8) is 0 Å². The lowest BCUT2D eigenvalue weighted by Gasteiger charge is -2.18. The fourth-order valence-electron chi connectivity index (χ4n) is 3.93. The summed E-state index contributed by atoms with van der Waals surface area (Å²) in [7, 11) is 0. The second kappa shape index (κ2) is 12.3. The molecule has 0 aliphatic carbocycles. The summed E-state index contributed by atoms with van der Waals surface area (Å²) in [6.45, 7) is 12.0. The second-order valence-electron chi connectivity index (χ2n) is 9.91. The number of unbranched alkanes of at least 4 members (excludes halogenated alkanes) is 5. The van der Waals surface area contributed by atoms with Crippen LogP contribution in [0.5, 0.6) is 0 Å². The van der Waals surface area contributed by atoms with Crippen LogP contribution in [0, 0.1) is 6.92 Å². The number of hydrogen-bond donors (Lipinski definition) is 0. The van der Waals surface area contributed by atoms with E-state index in [1.165, 1.54) is 60.9 Å². The van der Waals surface area contributed by atoms with Crippen LogP contribution in [0.3, 0.4) is 0 Å². The molecule has 2 aromatic carbocycles. The normalized spacial score (nSPS) is 11.4. The van der Waals surface area contributed by atoms with Crippen LogP contribution in [0.2, 0.25) is 0 Å². The number of halogens is 1. The molecule has 0 spiro atoms. The molecule has 0 aliphatic heterocycles. The minimum atomic E-state index is 0. The Morgan fingerprint density at radius 2 is 1.47 bits per heavy atom. The van der Waals surface area contributed by atoms with Crippen LogP contribution in [-0.2, 0) is 18.4 Å². The van der Waals surface area contributed by atoms with Crippen molar-refractivity contribution in [2.45, 2.75) is 91.5 Å². The molecule has 0 fully saturated rings. The summed E-state index contributed by atoms with van der Waals surface area (Å²) in [5.74, 6) is 0. The van der Waals surface area contributed by atoms with Crippen LogP contribution in [-0.4, -0.2) is 9.90 Å². The van der Waals surface area contributed by atoms with Crippen molar-refractivity contribution in [2.75, 3.05) is 0 Å². The maximum absolute atomic E-state index is 4.94. The maximum atomic E-state index is 4.94. The van der Waals surface area contributed by atoms with Gasteiger partial charge in [0.2, 0.25) is 0 Å². The van der Waals surface area contributed by atoms with Gasteiger partial charge in [0.25, 0.3) is 0 Å². The highest BCUT2D eigenvalue weighted by atomic mass is 79.9. The topological polar surface area (TPSA) is 21.7 Å². The Bertz CT molecular complexity index is 934. The number of aryl methyl sites for hydroxylation is 2. The van der Waals surface area contributed by atoms with Gasteiger partial charge < -0.3 is 17.0 Å². The van der Waals surface area contributed by atoms with E-state index in [9.17, 15) is 0 Å². The zero-order valence-corrected chi connectivity index (χ0v) is 22.2. The number of aromatic nitrogens is 3. The number of hydrogen-bond acceptors (Lipinski definition) is 1. The van der Waals surface area contributed by atoms with Crippen molar-refractivity contribution in [1.29, 1.82) is 0 Å². The van der Waals surface area contributed by atoms with Gasteiger partial charge in [-0.1, -0.05) is 102 Å². The van der Waals surface area contributed by atoms with E-state index in [1.54, 1.807) is 0 Å². The Hall–Kier alpha value is -1.94. The number of benzene rings is 2. The second-order valence-corrected chi connectivity index (χ2v) is 9.91. The molecular formula is C28H40BrN3. The smallest absolute Gasteiger partial charge is 0.168 e. The summed E-state index contributed by atoms with van der Waals surface area (Å²) in [5.41, 5.74) is 6.57. The molecule has 0 saturated heterocycles. The summed E-state index contributed by atoms with van der Waals surface area (Å²) in [4.78, 5) is 0. The molecule has 1 aromatic heterocycles. The predicted molar refractivity (Wildman–Crippen MR) is 130 cm³/mol. The summed E-state index contributed by atoms with van der Waals surface area (Å²) in [6, 6.07) is 17.7. The summed E-state index contributed by atoms with van der Waals surface area (Å²) < 4.78 is 4.23. The van der Waals surface area contributed by atoms with Crippen LogP contribution < -0.4 is 21.7 Å². The van der Waals surface area contributed by atoms with Crippen molar-refractivity contribution in [2.24, 2.45) is 0 Å². The largest absolute Gasteiger partial charge is 1.00 e. The van der Waals surface area contributed by atoms with Gasteiger partial charge in [0.15, 0.2) is 17.6 Å². The fourth-order valence-corrected chi connectivity index (χ4v) is 3.93. The molecule has 3 rings (SSSR count). The van der Waals surface area contributed by atoms with Gasteiger partial charge in [-0.25, -0.2) is 0 Å². The SMILES string of the molecule is CCCCCCCCc1c[n+](-c2ccc(C)cc2)nn1Cc1ccc(C(C)(C)C)cc1.[Br-]. The summed E-state index contributed by atoms with van der Waals surface area (Å²) in [5, 5.41) is 4.94. The van der Waals surface area contributed by atoms with Crippen molar-refractivity contribution in [1.82, 2.24) is 9.90 Å². The Balaban J connectivity index is 0.00000363. The molecule has 3 aromatic rings. The zero-order chi connectivity index (χ0) is 22.3. The lowest BCUT2D eigenvalue weighted by atomic mass is 9.87. The van der Waals surface area contributed by atoms with Gasteiger partial charge in [-0.3, -0.25) is 0 Å². The predicted octanol–water partition coefficient (Wildman–Crippen LogP) is 3.72. The van der Waals surface area contributed by atoms with Gasteiger partial charge in [0.1, 0.15) is 6.54 Å². The molecule has 3 nitrogen and oxygen atoms in total. The van der Waals surface area contributed by atoms with E-state index >= 15 is 0 Å². The first-order chi connectivity index (χ1) is 14.9. The van der Waals surface area contributed by atoms with Crippen LogP contribution in [0.4, 0.5) is 0 Å². The van der Waals surface area contributed by atoms with Crippen LogP contribution in [0.15, 0.2) is 54.7 Å². The first-order valence-electron chi connectivity index (χ1n) is 12.0. The van der Waals surface area contributed by atoms with Crippen molar-refractivity contribution < 1.29 is 21.7 Å². The van der Waals surface area contributed by atoms with Gasteiger partial charge in [-0.05, 0) is 42.0 Å². The Morgan fingerprint density at radius 1 is 0.844 bits per heavy atom. The number of rotatable bonds is 10. The minimum Gasteiger partial charge on any atom is -1.00 e. The summed E-state index contributed by atoms with van der Waals surface area (Å²) in [6.07, 6.45) is 11.2. The van der Waals surface area contributed by atoms with E-state index in [0.717, 1.165) is 18.7 Å². The van der Waals surface area contributed by atoms with Crippen LogP contribution in [0.25, 0.3) is 5.69 Å². The third-order valence-electron chi connectivity index (χ3n) is 6.04. The van der Waals surface area contributed by atoms with Gasteiger partial charge >= 0.3 is 0 Å². The molecule has 0 unspecified atom stereocenters. The van der Waals surface area contributed by atoms with Crippen LogP contribution >= 0.6 is 0 Å². The lowest BCUT2D eigenvalue weighted by molar-refractivity contribution is -0.661. The molecule has 0 bridgehead atoms. The third-order valence-corrected chi connectivity index (χ3v) is 6.04. The Labute approximate surface area is 205 Å². The Kier molecular flexibility index (Phi) is 10.1. The molecule has 0 amide bonds. The maximum Gasteiger partial charge on any atom is 0.168 e. The fraction of sp³-hybridized carbons (Fsp3) is 0.500. The first-order valence-corrected chi connectivity index (χ1v) is 12.0. The van der Waals surface area contributed by atoms with Gasteiger partial charge in [0.05, 0.1) is 5.21 Å². The molecule has 32 heavy (non-hydrogen) atoms. The molecule has 4 heteroatoms. The van der Waals surface area contributed by atoms with Crippen molar-refractivity contribution in [3.8, 4) is 5.69 Å². The molecular weight excluding hydrogens is 458 g/mol.